The summed E-state index contributed by atoms with van der Waals surface area (Å²) in [7, 11) is 0. The van der Waals surface area contributed by atoms with E-state index >= 15 is 0 Å². The van der Waals surface area contributed by atoms with E-state index in [-0.39, 0.29) is 11.5 Å². The number of aryl methyl sites for hydroxylation is 2. The fourth-order valence-corrected chi connectivity index (χ4v) is 6.13. The Kier molecular flexibility index (Phi) is 4.28. The van der Waals surface area contributed by atoms with Crippen molar-refractivity contribution >= 4 is 5.91 Å². The van der Waals surface area contributed by atoms with Crippen molar-refractivity contribution in [3.05, 3.63) is 29.1 Å². The molecule has 1 N–H and O–H groups in total. The van der Waals surface area contributed by atoms with Gasteiger partial charge in [0.2, 0.25) is 0 Å². The molecule has 4 heterocycles. The number of ether oxygens (including phenoxy) is 1. The van der Waals surface area contributed by atoms with Gasteiger partial charge in [-0.2, -0.15) is 0 Å². The fourth-order valence-electron chi connectivity index (χ4n) is 6.13. The van der Waals surface area contributed by atoms with Crippen LogP contribution in [0.15, 0.2) is 12.3 Å². The predicted octanol–water partition coefficient (Wildman–Crippen LogP) is 2.85. The molecule has 146 valence electrons. The number of nitrogens with one attached hydrogen (secondary N) is 1. The Bertz CT molecular complexity index is 745. The molecule has 27 heavy (non-hydrogen) atoms. The van der Waals surface area contributed by atoms with Crippen molar-refractivity contribution in [2.24, 2.45) is 11.8 Å². The molecule has 0 unspecified atom stereocenters. The lowest BCUT2D eigenvalue weighted by atomic mass is 9.73. The standard InChI is InChI=1S/C22H31N3O2/c1-14-9-16(10-23-15(14)2)21(26)24-11-18-19-12-25(17-5-3-4-6-17)13-22(19)8-7-20(18)27-22/h9-10,17-20H,3-8,11-13H2,1-2H3,(H,24,26)/t18-,19+,20+,22+/m0/s1. The molecular weight excluding hydrogens is 338 g/mol. The van der Waals surface area contributed by atoms with E-state index in [2.05, 4.69) is 15.2 Å². The van der Waals surface area contributed by atoms with Crippen molar-refractivity contribution in [1.29, 1.82) is 0 Å². The number of amides is 1. The van der Waals surface area contributed by atoms with Gasteiger partial charge in [0.15, 0.2) is 0 Å². The zero-order chi connectivity index (χ0) is 18.6. The Morgan fingerprint density at radius 3 is 2.93 bits per heavy atom. The van der Waals surface area contributed by atoms with Gasteiger partial charge in [-0.1, -0.05) is 12.8 Å². The van der Waals surface area contributed by atoms with Gasteiger partial charge in [0.25, 0.3) is 5.91 Å². The Morgan fingerprint density at radius 2 is 2.15 bits per heavy atom. The number of hydrogen-bond acceptors (Lipinski definition) is 4. The second-order valence-corrected chi connectivity index (χ2v) is 9.23. The third kappa shape index (κ3) is 2.90. The summed E-state index contributed by atoms with van der Waals surface area (Å²) in [6.07, 6.45) is 9.85. The van der Waals surface area contributed by atoms with Gasteiger partial charge in [-0.05, 0) is 51.2 Å². The molecule has 3 aliphatic heterocycles. The zero-order valence-corrected chi connectivity index (χ0v) is 16.5. The molecule has 5 heteroatoms. The van der Waals surface area contributed by atoms with Gasteiger partial charge in [0.1, 0.15) is 0 Å². The minimum atomic E-state index is -0.00642. The molecule has 0 radical (unpaired) electrons. The van der Waals surface area contributed by atoms with E-state index in [1.165, 1.54) is 32.1 Å². The minimum absolute atomic E-state index is 0.00642. The highest BCUT2D eigenvalue weighted by atomic mass is 16.5. The fraction of sp³-hybridized carbons (Fsp3) is 0.727. The lowest BCUT2D eigenvalue weighted by Crippen LogP contribution is -2.41. The molecule has 4 fully saturated rings. The van der Waals surface area contributed by atoms with Gasteiger partial charge in [-0.15, -0.1) is 0 Å². The average Bonchev–Trinajstić information content (AvgIpc) is 3.42. The van der Waals surface area contributed by atoms with E-state index in [0.29, 0.717) is 23.5 Å². The van der Waals surface area contributed by atoms with E-state index in [1.54, 1.807) is 6.20 Å². The summed E-state index contributed by atoms with van der Waals surface area (Å²) in [6.45, 7) is 6.97. The monoisotopic (exact) mass is 369 g/mol. The number of rotatable bonds is 4. The molecule has 5 nitrogen and oxygen atoms in total. The van der Waals surface area contributed by atoms with E-state index in [1.807, 2.05) is 19.9 Å². The van der Waals surface area contributed by atoms with E-state index in [4.69, 9.17) is 4.74 Å². The van der Waals surface area contributed by atoms with Crippen molar-refractivity contribution in [1.82, 2.24) is 15.2 Å². The summed E-state index contributed by atoms with van der Waals surface area (Å²) in [5, 5.41) is 3.19. The first-order valence-corrected chi connectivity index (χ1v) is 10.7. The maximum atomic E-state index is 12.6. The molecule has 1 spiro atoms. The van der Waals surface area contributed by atoms with Crippen LogP contribution in [0.4, 0.5) is 0 Å². The summed E-state index contributed by atoms with van der Waals surface area (Å²) < 4.78 is 6.55. The number of fused-ring (bicyclic) bond motifs is 1. The highest BCUT2D eigenvalue weighted by Crippen LogP contribution is 2.55. The first-order chi connectivity index (χ1) is 13.1. The van der Waals surface area contributed by atoms with Crippen LogP contribution in [-0.2, 0) is 4.74 Å². The van der Waals surface area contributed by atoms with Crippen molar-refractivity contribution in [2.75, 3.05) is 19.6 Å². The topological polar surface area (TPSA) is 54.5 Å². The van der Waals surface area contributed by atoms with E-state index < -0.39 is 0 Å². The van der Waals surface area contributed by atoms with Crippen LogP contribution >= 0.6 is 0 Å². The Labute approximate surface area is 161 Å². The maximum absolute atomic E-state index is 12.6. The number of pyridine rings is 1. The molecule has 4 atom stereocenters. The molecule has 1 aromatic heterocycles. The largest absolute Gasteiger partial charge is 0.370 e. The van der Waals surface area contributed by atoms with Crippen molar-refractivity contribution in [3.8, 4) is 0 Å². The van der Waals surface area contributed by atoms with Gasteiger partial charge in [0, 0.05) is 49.4 Å². The van der Waals surface area contributed by atoms with Crippen molar-refractivity contribution < 1.29 is 9.53 Å². The quantitative estimate of drug-likeness (QED) is 0.887. The number of carbonyl (C=O) groups excluding carboxylic acids is 1. The van der Waals surface area contributed by atoms with E-state index in [9.17, 15) is 4.79 Å². The highest BCUT2D eigenvalue weighted by Gasteiger charge is 2.63. The van der Waals surface area contributed by atoms with Crippen LogP contribution in [-0.4, -0.2) is 53.2 Å². The molecule has 3 saturated heterocycles. The lowest BCUT2D eigenvalue weighted by Gasteiger charge is -2.29. The molecule has 1 saturated carbocycles. The molecular formula is C22H31N3O2. The first kappa shape index (κ1) is 17.6. The molecule has 1 aromatic rings. The Balaban J connectivity index is 1.25. The normalized spacial score (nSPS) is 35.7. The summed E-state index contributed by atoms with van der Waals surface area (Å²) >= 11 is 0. The third-order valence-electron chi connectivity index (χ3n) is 7.75. The summed E-state index contributed by atoms with van der Waals surface area (Å²) in [5.74, 6) is 1.02. The Hall–Kier alpha value is -1.46. The molecule has 1 amide bonds. The predicted molar refractivity (Wildman–Crippen MR) is 104 cm³/mol. The SMILES string of the molecule is Cc1cc(C(=O)NC[C@H]2[C@H]3CN(C4CCCC4)C[C@]34CC[C@H]2O4)cnc1C. The van der Waals surface area contributed by atoms with Gasteiger partial charge in [-0.25, -0.2) is 0 Å². The minimum Gasteiger partial charge on any atom is -0.370 e. The second-order valence-electron chi connectivity index (χ2n) is 9.23. The van der Waals surface area contributed by atoms with Crippen molar-refractivity contribution in [3.63, 3.8) is 0 Å². The van der Waals surface area contributed by atoms with Gasteiger partial charge in [-0.3, -0.25) is 14.7 Å². The first-order valence-electron chi connectivity index (χ1n) is 10.7. The van der Waals surface area contributed by atoms with Gasteiger partial charge in [0.05, 0.1) is 17.3 Å². The zero-order valence-electron chi connectivity index (χ0n) is 16.5. The number of likely N-dealkylation sites (tertiary alicyclic amines) is 1. The molecule has 2 bridgehead atoms. The van der Waals surface area contributed by atoms with Crippen LogP contribution in [0.25, 0.3) is 0 Å². The third-order valence-corrected chi connectivity index (χ3v) is 7.75. The molecule has 4 aliphatic rings. The van der Waals surface area contributed by atoms with Crippen LogP contribution in [0.1, 0.15) is 60.1 Å². The summed E-state index contributed by atoms with van der Waals surface area (Å²) in [5.41, 5.74) is 2.78. The van der Waals surface area contributed by atoms with Crippen LogP contribution in [0, 0.1) is 25.7 Å². The average molecular weight is 370 g/mol. The highest BCUT2D eigenvalue weighted by molar-refractivity contribution is 5.94. The van der Waals surface area contributed by atoms with Crippen molar-refractivity contribution in [2.45, 2.75) is 70.1 Å². The maximum Gasteiger partial charge on any atom is 0.252 e. The van der Waals surface area contributed by atoms with Gasteiger partial charge >= 0.3 is 0 Å². The number of nitrogens with zero attached hydrogens (tertiary/aromatic N) is 2. The second kappa shape index (κ2) is 6.56. The number of carbonyl (C=O) groups is 1. The Morgan fingerprint density at radius 1 is 1.33 bits per heavy atom. The number of hydrogen-bond donors (Lipinski definition) is 1. The summed E-state index contributed by atoms with van der Waals surface area (Å²) in [6, 6.07) is 2.71. The van der Waals surface area contributed by atoms with Crippen LogP contribution in [0.5, 0.6) is 0 Å². The summed E-state index contributed by atoms with van der Waals surface area (Å²) in [4.78, 5) is 19.7. The molecule has 0 aromatic carbocycles. The number of aromatic nitrogens is 1. The van der Waals surface area contributed by atoms with Crippen LogP contribution in [0.3, 0.4) is 0 Å². The molecule has 5 rings (SSSR count). The molecule has 1 aliphatic carbocycles. The lowest BCUT2D eigenvalue weighted by molar-refractivity contribution is -0.000874. The smallest absolute Gasteiger partial charge is 0.252 e. The van der Waals surface area contributed by atoms with Gasteiger partial charge < -0.3 is 10.1 Å². The van der Waals surface area contributed by atoms with Crippen LogP contribution in [0.2, 0.25) is 0 Å². The van der Waals surface area contributed by atoms with Crippen LogP contribution < -0.4 is 5.32 Å². The van der Waals surface area contributed by atoms with E-state index in [0.717, 1.165) is 43.4 Å².